The van der Waals surface area contributed by atoms with Gasteiger partial charge in [-0.25, -0.2) is 0 Å². The van der Waals surface area contributed by atoms with E-state index in [1.165, 1.54) is 11.3 Å². The monoisotopic (exact) mass is 493 g/mol. The van der Waals surface area contributed by atoms with Crippen molar-refractivity contribution in [3.8, 4) is 0 Å². The van der Waals surface area contributed by atoms with E-state index in [4.69, 9.17) is 40.5 Å². The summed E-state index contributed by atoms with van der Waals surface area (Å²) in [6, 6.07) is 12.2. The van der Waals surface area contributed by atoms with E-state index in [2.05, 4.69) is 10.2 Å². The normalized spacial score (nSPS) is 13.6. The minimum atomic E-state index is -0.554. The second-order valence-corrected chi connectivity index (χ2v) is 9.56. The Balaban J connectivity index is 1.58. The molecule has 5 nitrogen and oxygen atoms in total. The molecule has 2 heterocycles. The van der Waals surface area contributed by atoms with Crippen LogP contribution in [-0.4, -0.2) is 23.3 Å². The third-order valence-corrected chi connectivity index (χ3v) is 7.19. The zero-order valence-electron chi connectivity index (χ0n) is 16.3. The maximum Gasteiger partial charge on any atom is 0.257 e. The van der Waals surface area contributed by atoms with Crippen molar-refractivity contribution in [2.45, 2.75) is 19.5 Å². The van der Waals surface area contributed by atoms with Gasteiger partial charge in [0.25, 0.3) is 11.8 Å². The summed E-state index contributed by atoms with van der Waals surface area (Å²) in [5.74, 6) is -0.933. The van der Waals surface area contributed by atoms with Crippen molar-refractivity contribution in [2.24, 2.45) is 5.73 Å². The van der Waals surface area contributed by atoms with Crippen molar-refractivity contribution in [3.05, 3.63) is 84.7 Å². The van der Waals surface area contributed by atoms with Crippen molar-refractivity contribution < 1.29 is 9.59 Å². The minimum Gasteiger partial charge on any atom is -0.365 e. The van der Waals surface area contributed by atoms with Gasteiger partial charge in [0.1, 0.15) is 5.00 Å². The van der Waals surface area contributed by atoms with Crippen LogP contribution in [0, 0.1) is 0 Å². The van der Waals surface area contributed by atoms with E-state index in [-0.39, 0.29) is 5.91 Å². The molecule has 0 radical (unpaired) electrons. The van der Waals surface area contributed by atoms with E-state index in [0.29, 0.717) is 50.7 Å². The van der Waals surface area contributed by atoms with Crippen LogP contribution in [0.15, 0.2) is 42.5 Å². The quantitative estimate of drug-likeness (QED) is 0.483. The molecule has 2 amide bonds. The number of nitrogens with one attached hydrogen (secondary N) is 1. The summed E-state index contributed by atoms with van der Waals surface area (Å²) < 4.78 is 0. The van der Waals surface area contributed by atoms with Crippen LogP contribution in [0.5, 0.6) is 0 Å². The van der Waals surface area contributed by atoms with Gasteiger partial charge in [-0.3, -0.25) is 14.5 Å². The van der Waals surface area contributed by atoms with Gasteiger partial charge in [0, 0.05) is 34.6 Å². The molecule has 0 spiro atoms. The number of nitrogens with zero attached hydrogens (tertiary/aromatic N) is 1. The number of anilines is 1. The van der Waals surface area contributed by atoms with Gasteiger partial charge >= 0.3 is 0 Å². The standard InChI is InChI=1S/C22H18Cl3N3O2S/c23-13-6-5-12(17(25)9-13)10-28-8-7-15-18(11-28)31-22(19(15)20(26)29)27-21(30)14-3-1-2-4-16(14)24/h1-6,9H,7-8,10-11H2,(H2,26,29)(H,27,30). The van der Waals surface area contributed by atoms with E-state index in [0.717, 1.165) is 22.5 Å². The van der Waals surface area contributed by atoms with E-state index >= 15 is 0 Å². The first-order chi connectivity index (χ1) is 14.8. The number of carbonyl (C=O) groups is 2. The molecule has 0 fully saturated rings. The Hall–Kier alpha value is -2.09. The molecule has 4 rings (SSSR count). The highest BCUT2D eigenvalue weighted by Crippen LogP contribution is 2.38. The van der Waals surface area contributed by atoms with Gasteiger partial charge in [-0.2, -0.15) is 0 Å². The Bertz CT molecular complexity index is 1180. The van der Waals surface area contributed by atoms with E-state index in [1.54, 1.807) is 30.3 Å². The highest BCUT2D eigenvalue weighted by Gasteiger charge is 2.28. The summed E-state index contributed by atoms with van der Waals surface area (Å²) in [7, 11) is 0. The summed E-state index contributed by atoms with van der Waals surface area (Å²) in [5, 5.41) is 4.84. The zero-order valence-corrected chi connectivity index (χ0v) is 19.3. The zero-order chi connectivity index (χ0) is 22.1. The van der Waals surface area contributed by atoms with E-state index < -0.39 is 5.91 Å². The third kappa shape index (κ3) is 4.73. The molecule has 0 saturated carbocycles. The molecular weight excluding hydrogens is 477 g/mol. The van der Waals surface area contributed by atoms with Crippen LogP contribution in [0.3, 0.4) is 0 Å². The average molecular weight is 495 g/mol. The van der Waals surface area contributed by atoms with Gasteiger partial charge in [0.05, 0.1) is 16.1 Å². The minimum absolute atomic E-state index is 0.338. The molecule has 0 saturated heterocycles. The number of hydrogen-bond acceptors (Lipinski definition) is 4. The molecule has 0 bridgehead atoms. The number of carbonyl (C=O) groups excluding carboxylic acids is 2. The first-order valence-corrected chi connectivity index (χ1v) is 11.4. The van der Waals surface area contributed by atoms with Crippen molar-refractivity contribution in [2.75, 3.05) is 11.9 Å². The summed E-state index contributed by atoms with van der Waals surface area (Å²) in [4.78, 5) is 28.1. The van der Waals surface area contributed by atoms with Crippen LogP contribution in [0.4, 0.5) is 5.00 Å². The number of rotatable bonds is 5. The lowest BCUT2D eigenvalue weighted by molar-refractivity contribution is 0.0999. The third-order valence-electron chi connectivity index (χ3n) is 5.14. The van der Waals surface area contributed by atoms with E-state index in [1.807, 2.05) is 12.1 Å². The van der Waals surface area contributed by atoms with Gasteiger partial charge < -0.3 is 11.1 Å². The predicted molar refractivity (Wildman–Crippen MR) is 127 cm³/mol. The van der Waals surface area contributed by atoms with Gasteiger partial charge in [0.2, 0.25) is 0 Å². The first kappa shape index (κ1) is 22.1. The van der Waals surface area contributed by atoms with Crippen LogP contribution in [0.2, 0.25) is 15.1 Å². The molecule has 9 heteroatoms. The lowest BCUT2D eigenvalue weighted by atomic mass is 10.0. The van der Waals surface area contributed by atoms with Gasteiger partial charge in [-0.1, -0.05) is 53.0 Å². The summed E-state index contributed by atoms with van der Waals surface area (Å²) >= 11 is 19.8. The van der Waals surface area contributed by atoms with Crippen molar-refractivity contribution in [3.63, 3.8) is 0 Å². The molecular formula is C22H18Cl3N3O2S. The molecule has 1 aromatic heterocycles. The lowest BCUT2D eigenvalue weighted by Gasteiger charge is -2.27. The van der Waals surface area contributed by atoms with Crippen LogP contribution >= 0.6 is 46.1 Å². The fourth-order valence-electron chi connectivity index (χ4n) is 3.65. The average Bonchev–Trinajstić information content (AvgIpc) is 3.07. The predicted octanol–water partition coefficient (Wildman–Crippen LogP) is 5.62. The largest absolute Gasteiger partial charge is 0.365 e. The molecule has 31 heavy (non-hydrogen) atoms. The Kier molecular flexibility index (Phi) is 6.55. The highest BCUT2D eigenvalue weighted by atomic mass is 35.5. The van der Waals surface area contributed by atoms with Crippen LogP contribution in [0.1, 0.15) is 36.7 Å². The molecule has 2 aromatic carbocycles. The van der Waals surface area contributed by atoms with Crippen molar-refractivity contribution in [1.82, 2.24) is 4.90 Å². The molecule has 3 N–H and O–H groups in total. The Morgan fingerprint density at radius 3 is 2.58 bits per heavy atom. The number of hydrogen-bond donors (Lipinski definition) is 2. The number of primary amides is 1. The maximum absolute atomic E-state index is 12.7. The second-order valence-electron chi connectivity index (χ2n) is 7.20. The molecule has 0 aliphatic carbocycles. The Morgan fingerprint density at radius 1 is 1.10 bits per heavy atom. The van der Waals surface area contributed by atoms with E-state index in [9.17, 15) is 9.59 Å². The number of thiophene rings is 1. The Morgan fingerprint density at radius 2 is 1.87 bits per heavy atom. The van der Waals surface area contributed by atoms with Crippen LogP contribution in [0.25, 0.3) is 0 Å². The molecule has 1 aliphatic rings. The van der Waals surface area contributed by atoms with Gasteiger partial charge in [-0.05, 0) is 41.8 Å². The van der Waals surface area contributed by atoms with Crippen LogP contribution < -0.4 is 11.1 Å². The SMILES string of the molecule is NC(=O)c1c(NC(=O)c2ccccc2Cl)sc2c1CCN(Cc1ccc(Cl)cc1Cl)C2. The molecule has 1 aliphatic heterocycles. The fourth-order valence-corrected chi connectivity index (χ4v) is 5.63. The topological polar surface area (TPSA) is 75.4 Å². The highest BCUT2D eigenvalue weighted by molar-refractivity contribution is 7.17. The Labute approximate surface area is 198 Å². The van der Waals surface area contributed by atoms with Crippen LogP contribution in [-0.2, 0) is 19.5 Å². The number of benzene rings is 2. The van der Waals surface area contributed by atoms with Gasteiger partial charge in [-0.15, -0.1) is 11.3 Å². The maximum atomic E-state index is 12.7. The smallest absolute Gasteiger partial charge is 0.257 e. The van der Waals surface area contributed by atoms with Gasteiger partial charge in [0.15, 0.2) is 0 Å². The van der Waals surface area contributed by atoms with Crippen molar-refractivity contribution in [1.29, 1.82) is 0 Å². The number of halogens is 3. The first-order valence-electron chi connectivity index (χ1n) is 9.50. The molecule has 160 valence electrons. The number of fused-ring (bicyclic) bond motifs is 1. The summed E-state index contributed by atoms with van der Waals surface area (Å²) in [5.41, 5.74) is 8.26. The lowest BCUT2D eigenvalue weighted by Crippen LogP contribution is -2.30. The summed E-state index contributed by atoms with van der Waals surface area (Å²) in [6.07, 6.45) is 0.650. The number of amides is 2. The molecule has 0 atom stereocenters. The van der Waals surface area contributed by atoms with Crippen molar-refractivity contribution >= 4 is 63.0 Å². The molecule has 0 unspecified atom stereocenters. The molecule has 3 aromatic rings. The fraction of sp³-hybridized carbons (Fsp3) is 0.182. The number of nitrogens with two attached hydrogens (primary N) is 1. The second kappa shape index (κ2) is 9.18. The summed E-state index contributed by atoms with van der Waals surface area (Å²) in [6.45, 7) is 2.02.